The van der Waals surface area contributed by atoms with Gasteiger partial charge in [-0.15, -0.1) is 0 Å². The van der Waals surface area contributed by atoms with Crippen molar-refractivity contribution in [2.75, 3.05) is 13.7 Å². The summed E-state index contributed by atoms with van der Waals surface area (Å²) in [6.45, 7) is 17.0. The number of Topliss-reactive ketones (excluding diaryl/α,β-unsaturated/α-hetero) is 1. The van der Waals surface area contributed by atoms with Crippen LogP contribution in [0.3, 0.4) is 0 Å². The van der Waals surface area contributed by atoms with Crippen LogP contribution in [0.2, 0.25) is 18.1 Å². The van der Waals surface area contributed by atoms with Gasteiger partial charge in [0.2, 0.25) is 0 Å². The van der Waals surface area contributed by atoms with E-state index in [4.69, 9.17) is 13.9 Å². The van der Waals surface area contributed by atoms with E-state index < -0.39 is 26.3 Å². The zero-order valence-corrected chi connectivity index (χ0v) is 20.4. The number of hydrogen-bond acceptors (Lipinski definition) is 5. The lowest BCUT2D eigenvalue weighted by Crippen LogP contribution is -2.45. The van der Waals surface area contributed by atoms with Crippen LogP contribution in [0.25, 0.3) is 0 Å². The summed E-state index contributed by atoms with van der Waals surface area (Å²) in [5, 5.41) is 0.122. The van der Waals surface area contributed by atoms with Crippen LogP contribution in [-0.2, 0) is 18.7 Å². The second-order valence-corrected chi connectivity index (χ2v) is 14.2. The third-order valence-corrected chi connectivity index (χ3v) is 10.5. The molecule has 5 nitrogen and oxygen atoms in total. The quantitative estimate of drug-likeness (QED) is 0.387. The molecule has 0 aliphatic heterocycles. The van der Waals surface area contributed by atoms with Gasteiger partial charge in [0, 0.05) is 25.6 Å². The van der Waals surface area contributed by atoms with Crippen molar-refractivity contribution in [2.24, 2.45) is 11.8 Å². The number of carbonyl (C=O) groups is 2. The van der Waals surface area contributed by atoms with Gasteiger partial charge in [-0.3, -0.25) is 4.79 Å². The molecule has 0 unspecified atom stereocenters. The van der Waals surface area contributed by atoms with Gasteiger partial charge in [0.1, 0.15) is 0 Å². The minimum absolute atomic E-state index is 0.0325. The van der Waals surface area contributed by atoms with E-state index in [1.54, 1.807) is 38.3 Å². The molecule has 0 fully saturated rings. The predicted molar refractivity (Wildman–Crippen MR) is 119 cm³/mol. The normalized spacial score (nSPS) is 16.6. The molecule has 0 aliphatic carbocycles. The van der Waals surface area contributed by atoms with Crippen LogP contribution >= 0.6 is 0 Å². The SMILES string of the molecule is CO[C@H]([C@@H](C)CO[Si](C)(C)C(C)(C)C)[C@@H](C)C(=O)[C@H](C)OC(=O)c1ccccc1. The highest BCUT2D eigenvalue weighted by molar-refractivity contribution is 6.74. The van der Waals surface area contributed by atoms with Crippen molar-refractivity contribution in [2.45, 2.75) is 71.9 Å². The van der Waals surface area contributed by atoms with Crippen molar-refractivity contribution in [3.8, 4) is 0 Å². The van der Waals surface area contributed by atoms with E-state index in [0.29, 0.717) is 12.2 Å². The molecule has 6 heteroatoms. The molecule has 164 valence electrons. The molecule has 29 heavy (non-hydrogen) atoms. The Morgan fingerprint density at radius 1 is 1.03 bits per heavy atom. The van der Waals surface area contributed by atoms with Gasteiger partial charge in [0.15, 0.2) is 20.2 Å². The molecule has 0 amide bonds. The molecule has 0 bridgehead atoms. The summed E-state index contributed by atoms with van der Waals surface area (Å²) < 4.78 is 17.4. The van der Waals surface area contributed by atoms with E-state index in [2.05, 4.69) is 33.9 Å². The molecule has 1 aromatic carbocycles. The average Bonchev–Trinajstić information content (AvgIpc) is 2.65. The first-order valence-corrected chi connectivity index (χ1v) is 13.2. The van der Waals surface area contributed by atoms with Crippen molar-refractivity contribution < 1.29 is 23.5 Å². The van der Waals surface area contributed by atoms with Crippen LogP contribution in [0.15, 0.2) is 30.3 Å². The number of benzene rings is 1. The first-order valence-electron chi connectivity index (χ1n) is 10.3. The summed E-state index contributed by atoms with van der Waals surface area (Å²) in [6.07, 6.45) is -1.16. The summed E-state index contributed by atoms with van der Waals surface area (Å²) in [7, 11) is -0.270. The van der Waals surface area contributed by atoms with Gasteiger partial charge >= 0.3 is 5.97 Å². The van der Waals surface area contributed by atoms with Crippen molar-refractivity contribution in [1.82, 2.24) is 0 Å². The topological polar surface area (TPSA) is 61.8 Å². The molecule has 0 aliphatic rings. The summed E-state index contributed by atoms with van der Waals surface area (Å²) in [6, 6.07) is 8.68. The zero-order valence-electron chi connectivity index (χ0n) is 19.4. The lowest BCUT2D eigenvalue weighted by molar-refractivity contribution is -0.136. The van der Waals surface area contributed by atoms with E-state index in [9.17, 15) is 9.59 Å². The molecule has 1 rings (SSSR count). The Kier molecular flexibility index (Phi) is 9.25. The zero-order chi connectivity index (χ0) is 22.4. The largest absolute Gasteiger partial charge is 0.451 e. The van der Waals surface area contributed by atoms with E-state index >= 15 is 0 Å². The average molecular weight is 423 g/mol. The Balaban J connectivity index is 2.73. The molecular weight excluding hydrogens is 384 g/mol. The fourth-order valence-corrected chi connectivity index (χ4v) is 4.09. The predicted octanol–water partition coefficient (Wildman–Crippen LogP) is 5.11. The number of carbonyl (C=O) groups excluding carboxylic acids is 2. The molecule has 0 N–H and O–H groups in total. The second kappa shape index (κ2) is 10.5. The van der Waals surface area contributed by atoms with E-state index in [1.165, 1.54) is 0 Å². The molecule has 4 atom stereocenters. The molecule has 0 heterocycles. The number of methoxy groups -OCH3 is 1. The molecular formula is C23H38O5Si. The smallest absolute Gasteiger partial charge is 0.338 e. The Bertz CT molecular complexity index is 666. The minimum atomic E-state index is -1.88. The van der Waals surface area contributed by atoms with Crippen LogP contribution in [-0.4, -0.2) is 46.0 Å². The molecule has 0 radical (unpaired) electrons. The van der Waals surface area contributed by atoms with Gasteiger partial charge in [-0.25, -0.2) is 4.79 Å². The van der Waals surface area contributed by atoms with Gasteiger partial charge in [-0.2, -0.15) is 0 Å². The van der Waals surface area contributed by atoms with Gasteiger partial charge in [-0.05, 0) is 37.2 Å². The first-order chi connectivity index (χ1) is 13.3. The maximum absolute atomic E-state index is 12.9. The summed E-state index contributed by atoms with van der Waals surface area (Å²) in [5.41, 5.74) is 0.430. The fourth-order valence-electron chi connectivity index (χ4n) is 2.97. The van der Waals surface area contributed by atoms with E-state index in [0.717, 1.165) is 0 Å². The fraction of sp³-hybridized carbons (Fsp3) is 0.652. The van der Waals surface area contributed by atoms with Crippen LogP contribution < -0.4 is 0 Å². The summed E-state index contributed by atoms with van der Waals surface area (Å²) >= 11 is 0. The minimum Gasteiger partial charge on any atom is -0.451 e. The number of rotatable bonds is 10. The standard InChI is InChI=1S/C23H38O5Si/c1-16(15-27-29(8,9)23(4,5)6)21(26-7)17(2)20(24)18(3)28-22(25)19-13-11-10-12-14-19/h10-14,16-18,21H,15H2,1-9H3/t16-,17-,18-,21+/m0/s1. The van der Waals surface area contributed by atoms with Crippen molar-refractivity contribution in [1.29, 1.82) is 0 Å². The molecule has 0 spiro atoms. The van der Waals surface area contributed by atoms with Crippen LogP contribution in [0.4, 0.5) is 0 Å². The maximum atomic E-state index is 12.9. The number of hydrogen-bond donors (Lipinski definition) is 0. The van der Waals surface area contributed by atoms with Crippen LogP contribution in [0, 0.1) is 11.8 Å². The lowest BCUT2D eigenvalue weighted by Gasteiger charge is -2.38. The van der Waals surface area contributed by atoms with Crippen LogP contribution in [0.5, 0.6) is 0 Å². The maximum Gasteiger partial charge on any atom is 0.338 e. The van der Waals surface area contributed by atoms with Gasteiger partial charge in [-0.1, -0.05) is 52.8 Å². The van der Waals surface area contributed by atoms with Crippen molar-refractivity contribution >= 4 is 20.1 Å². The van der Waals surface area contributed by atoms with Crippen LogP contribution in [0.1, 0.15) is 51.9 Å². The summed E-state index contributed by atoms with van der Waals surface area (Å²) in [4.78, 5) is 25.1. The first kappa shape index (κ1) is 25.5. The second-order valence-electron chi connectivity index (χ2n) is 9.35. The number of ketones is 1. The highest BCUT2D eigenvalue weighted by Crippen LogP contribution is 2.37. The number of esters is 1. The third-order valence-electron chi connectivity index (χ3n) is 5.98. The third kappa shape index (κ3) is 7.05. The Labute approximate surface area is 177 Å². The Hall–Kier alpha value is -1.50. The van der Waals surface area contributed by atoms with E-state index in [1.807, 2.05) is 19.9 Å². The monoisotopic (exact) mass is 422 g/mol. The van der Waals surface area contributed by atoms with Gasteiger partial charge in [0.25, 0.3) is 0 Å². The summed E-state index contributed by atoms with van der Waals surface area (Å²) in [5.74, 6) is -1.04. The lowest BCUT2D eigenvalue weighted by atomic mass is 9.88. The van der Waals surface area contributed by atoms with Gasteiger partial charge in [0.05, 0.1) is 11.7 Å². The Morgan fingerprint density at radius 3 is 2.07 bits per heavy atom. The molecule has 0 saturated heterocycles. The Morgan fingerprint density at radius 2 is 1.59 bits per heavy atom. The van der Waals surface area contributed by atoms with Crippen molar-refractivity contribution in [3.63, 3.8) is 0 Å². The molecule has 1 aromatic rings. The molecule has 0 saturated carbocycles. The molecule has 0 aromatic heterocycles. The number of ether oxygens (including phenoxy) is 2. The van der Waals surface area contributed by atoms with Gasteiger partial charge < -0.3 is 13.9 Å². The highest BCUT2D eigenvalue weighted by atomic mass is 28.4. The highest BCUT2D eigenvalue weighted by Gasteiger charge is 2.39. The van der Waals surface area contributed by atoms with Crippen molar-refractivity contribution in [3.05, 3.63) is 35.9 Å². The van der Waals surface area contributed by atoms with E-state index in [-0.39, 0.29) is 22.8 Å².